The maximum atomic E-state index is 12.3. The summed E-state index contributed by atoms with van der Waals surface area (Å²) in [5.41, 5.74) is 3.18. The second-order valence-corrected chi connectivity index (χ2v) is 7.64. The number of aromatic nitrogens is 3. The van der Waals surface area contributed by atoms with E-state index in [0.29, 0.717) is 18.2 Å². The van der Waals surface area contributed by atoms with Gasteiger partial charge < -0.3 is 10.2 Å². The Kier molecular flexibility index (Phi) is 7.08. The third kappa shape index (κ3) is 5.48. The number of benzene rings is 2. The zero-order valence-corrected chi connectivity index (χ0v) is 17.5. The van der Waals surface area contributed by atoms with E-state index in [1.807, 2.05) is 78.2 Å². The minimum absolute atomic E-state index is 0.0406. The van der Waals surface area contributed by atoms with Crippen molar-refractivity contribution in [2.45, 2.75) is 18.2 Å². The van der Waals surface area contributed by atoms with Gasteiger partial charge in [0.1, 0.15) is 0 Å². The molecule has 3 rings (SSSR count). The lowest BCUT2D eigenvalue weighted by Crippen LogP contribution is -2.24. The van der Waals surface area contributed by atoms with Crippen molar-refractivity contribution >= 4 is 23.4 Å². The third-order valence-electron chi connectivity index (χ3n) is 4.34. The molecule has 1 heterocycles. The van der Waals surface area contributed by atoms with Gasteiger partial charge in [0, 0.05) is 38.4 Å². The summed E-state index contributed by atoms with van der Waals surface area (Å²) in [6.45, 7) is 4.90. The molecule has 0 saturated carbocycles. The Bertz CT molecular complexity index is 951. The van der Waals surface area contributed by atoms with Crippen LogP contribution in [0, 0.1) is 0 Å². The first-order valence-corrected chi connectivity index (χ1v) is 10.3. The Morgan fingerprint density at radius 1 is 1.14 bits per heavy atom. The summed E-state index contributed by atoms with van der Waals surface area (Å²) in [5, 5.41) is 12.2. The van der Waals surface area contributed by atoms with Crippen molar-refractivity contribution in [1.29, 1.82) is 0 Å². The minimum Gasteiger partial charge on any atom is -0.378 e. The standard InChI is InChI=1S/C22H25N5OS/c1-4-14-27-21(18-8-6-5-7-9-18)24-25-22(27)29-16-20(28)23-15-17-10-12-19(13-11-17)26(2)3/h4-13H,1,14-16H2,2-3H3,(H,23,28). The molecule has 1 amide bonds. The molecule has 150 valence electrons. The van der Waals surface area contributed by atoms with Gasteiger partial charge in [-0.3, -0.25) is 9.36 Å². The lowest BCUT2D eigenvalue weighted by atomic mass is 10.2. The molecule has 2 aromatic carbocycles. The molecule has 1 N–H and O–H groups in total. The second kappa shape index (κ2) is 9.93. The number of rotatable bonds is 9. The van der Waals surface area contributed by atoms with Crippen LogP contribution in [-0.2, 0) is 17.9 Å². The lowest BCUT2D eigenvalue weighted by molar-refractivity contribution is -0.118. The van der Waals surface area contributed by atoms with Gasteiger partial charge in [-0.25, -0.2) is 0 Å². The molecule has 0 radical (unpaired) electrons. The maximum Gasteiger partial charge on any atom is 0.230 e. The number of nitrogens with zero attached hydrogens (tertiary/aromatic N) is 4. The van der Waals surface area contributed by atoms with Crippen molar-refractivity contribution in [3.8, 4) is 11.4 Å². The average molecular weight is 408 g/mol. The second-order valence-electron chi connectivity index (χ2n) is 6.70. The van der Waals surface area contributed by atoms with Gasteiger partial charge in [-0.2, -0.15) is 0 Å². The Morgan fingerprint density at radius 3 is 2.52 bits per heavy atom. The summed E-state index contributed by atoms with van der Waals surface area (Å²) in [4.78, 5) is 14.3. The number of carbonyl (C=O) groups is 1. The molecule has 29 heavy (non-hydrogen) atoms. The van der Waals surface area contributed by atoms with E-state index in [4.69, 9.17) is 0 Å². The number of allylic oxidation sites excluding steroid dienone is 1. The number of hydrogen-bond acceptors (Lipinski definition) is 5. The zero-order valence-electron chi connectivity index (χ0n) is 16.7. The van der Waals surface area contributed by atoms with Crippen LogP contribution in [0.2, 0.25) is 0 Å². The normalized spacial score (nSPS) is 10.6. The fraction of sp³-hybridized carbons (Fsp3) is 0.227. The Balaban J connectivity index is 1.58. The third-order valence-corrected chi connectivity index (χ3v) is 5.30. The minimum atomic E-state index is -0.0406. The highest BCUT2D eigenvalue weighted by molar-refractivity contribution is 7.99. The van der Waals surface area contributed by atoms with Crippen LogP contribution in [0.5, 0.6) is 0 Å². The highest BCUT2D eigenvalue weighted by Crippen LogP contribution is 2.23. The predicted octanol–water partition coefficient (Wildman–Crippen LogP) is 3.61. The molecule has 0 atom stereocenters. The molecule has 6 nitrogen and oxygen atoms in total. The van der Waals surface area contributed by atoms with Gasteiger partial charge in [0.05, 0.1) is 5.75 Å². The molecule has 7 heteroatoms. The van der Waals surface area contributed by atoms with Crippen molar-refractivity contribution in [1.82, 2.24) is 20.1 Å². The van der Waals surface area contributed by atoms with Crippen LogP contribution in [0.1, 0.15) is 5.56 Å². The van der Waals surface area contributed by atoms with Crippen LogP contribution < -0.4 is 10.2 Å². The Hall–Kier alpha value is -3.06. The summed E-state index contributed by atoms with van der Waals surface area (Å²) in [7, 11) is 4.00. The molecular weight excluding hydrogens is 382 g/mol. The number of nitrogens with one attached hydrogen (secondary N) is 1. The SMILES string of the molecule is C=CCn1c(SCC(=O)NCc2ccc(N(C)C)cc2)nnc1-c1ccccc1. The fourth-order valence-electron chi connectivity index (χ4n) is 2.78. The molecule has 0 aliphatic rings. The molecule has 0 bridgehead atoms. The summed E-state index contributed by atoms with van der Waals surface area (Å²) in [5.74, 6) is 1.01. The van der Waals surface area contributed by atoms with Gasteiger partial charge in [0.15, 0.2) is 11.0 Å². The molecule has 1 aromatic heterocycles. The Labute approximate surface area is 175 Å². The fourth-order valence-corrected chi connectivity index (χ4v) is 3.56. The molecule has 3 aromatic rings. The molecule has 0 spiro atoms. The van der Waals surface area contributed by atoms with E-state index in [2.05, 4.69) is 22.1 Å². The Morgan fingerprint density at radius 2 is 1.86 bits per heavy atom. The van der Waals surface area contributed by atoms with Crippen molar-refractivity contribution < 1.29 is 4.79 Å². The van der Waals surface area contributed by atoms with E-state index in [1.54, 1.807) is 6.08 Å². The van der Waals surface area contributed by atoms with Crippen molar-refractivity contribution in [3.05, 3.63) is 72.8 Å². The van der Waals surface area contributed by atoms with Gasteiger partial charge >= 0.3 is 0 Å². The largest absolute Gasteiger partial charge is 0.378 e. The van der Waals surface area contributed by atoms with Gasteiger partial charge in [-0.1, -0.05) is 60.3 Å². The lowest BCUT2D eigenvalue weighted by Gasteiger charge is -2.13. The van der Waals surface area contributed by atoms with E-state index < -0.39 is 0 Å². The maximum absolute atomic E-state index is 12.3. The number of hydrogen-bond donors (Lipinski definition) is 1. The molecular formula is C22H25N5OS. The predicted molar refractivity (Wildman–Crippen MR) is 119 cm³/mol. The van der Waals surface area contributed by atoms with E-state index in [0.717, 1.165) is 22.6 Å². The van der Waals surface area contributed by atoms with E-state index in [9.17, 15) is 4.79 Å². The summed E-state index contributed by atoms with van der Waals surface area (Å²) >= 11 is 1.37. The molecule has 0 unspecified atom stereocenters. The van der Waals surface area contributed by atoms with Gasteiger partial charge in [-0.15, -0.1) is 16.8 Å². The van der Waals surface area contributed by atoms with E-state index in [-0.39, 0.29) is 11.7 Å². The van der Waals surface area contributed by atoms with E-state index in [1.165, 1.54) is 11.8 Å². The first-order chi connectivity index (χ1) is 14.1. The van der Waals surface area contributed by atoms with Gasteiger partial charge in [-0.05, 0) is 17.7 Å². The summed E-state index contributed by atoms with van der Waals surface area (Å²) < 4.78 is 1.97. The summed E-state index contributed by atoms with van der Waals surface area (Å²) in [6, 6.07) is 18.0. The quantitative estimate of drug-likeness (QED) is 0.434. The molecule has 0 fully saturated rings. The number of amides is 1. The van der Waals surface area contributed by atoms with Crippen LogP contribution in [0.25, 0.3) is 11.4 Å². The number of carbonyl (C=O) groups excluding carboxylic acids is 1. The smallest absolute Gasteiger partial charge is 0.230 e. The highest BCUT2D eigenvalue weighted by Gasteiger charge is 2.14. The highest BCUT2D eigenvalue weighted by atomic mass is 32.2. The van der Waals surface area contributed by atoms with Crippen LogP contribution in [-0.4, -0.2) is 40.5 Å². The van der Waals surface area contributed by atoms with Gasteiger partial charge in [0.2, 0.25) is 5.91 Å². The summed E-state index contributed by atoms with van der Waals surface area (Å²) in [6.07, 6.45) is 1.80. The van der Waals surface area contributed by atoms with Crippen LogP contribution in [0.15, 0.2) is 72.4 Å². The van der Waals surface area contributed by atoms with Gasteiger partial charge in [0.25, 0.3) is 0 Å². The zero-order chi connectivity index (χ0) is 20.6. The van der Waals surface area contributed by atoms with Crippen LogP contribution in [0.3, 0.4) is 0 Å². The van der Waals surface area contributed by atoms with Crippen molar-refractivity contribution in [3.63, 3.8) is 0 Å². The van der Waals surface area contributed by atoms with Crippen LogP contribution in [0.4, 0.5) is 5.69 Å². The van der Waals surface area contributed by atoms with E-state index >= 15 is 0 Å². The average Bonchev–Trinajstić information content (AvgIpc) is 3.14. The van der Waals surface area contributed by atoms with Crippen molar-refractivity contribution in [2.75, 3.05) is 24.7 Å². The topological polar surface area (TPSA) is 63.1 Å². The number of anilines is 1. The monoisotopic (exact) mass is 407 g/mol. The first-order valence-electron chi connectivity index (χ1n) is 9.33. The van der Waals surface area contributed by atoms with Crippen LogP contribution >= 0.6 is 11.8 Å². The molecule has 0 aliphatic heterocycles. The first kappa shape index (κ1) is 20.7. The van der Waals surface area contributed by atoms with Crippen molar-refractivity contribution in [2.24, 2.45) is 0 Å². The number of thioether (sulfide) groups is 1. The molecule has 0 saturated heterocycles. The molecule has 0 aliphatic carbocycles.